The maximum atomic E-state index is 11.6. The molecule has 0 aliphatic carbocycles. The molecule has 0 radical (unpaired) electrons. The molecular formula is C10H16ClN3OS. The highest BCUT2D eigenvalue weighted by Gasteiger charge is 2.14. The van der Waals surface area contributed by atoms with E-state index in [1.165, 1.54) is 12.8 Å². The fourth-order valence-corrected chi connectivity index (χ4v) is 2.09. The summed E-state index contributed by atoms with van der Waals surface area (Å²) in [5.41, 5.74) is 0. The van der Waals surface area contributed by atoms with Crippen molar-refractivity contribution in [2.75, 3.05) is 0 Å². The molecule has 0 aliphatic rings. The number of nitrogens with zero attached hydrogens (tertiary/aromatic N) is 2. The van der Waals surface area contributed by atoms with Gasteiger partial charge in [0.1, 0.15) is 0 Å². The average Bonchev–Trinajstić information content (AvgIpc) is 2.65. The minimum absolute atomic E-state index is 0.168. The molecule has 0 bridgehead atoms. The summed E-state index contributed by atoms with van der Waals surface area (Å²) in [4.78, 5) is 11.6. The fourth-order valence-electron chi connectivity index (χ4n) is 1.36. The fraction of sp³-hybridized carbons (Fsp3) is 0.700. The third-order valence-corrected chi connectivity index (χ3v) is 3.23. The molecule has 90 valence electrons. The first-order chi connectivity index (χ1) is 7.63. The van der Waals surface area contributed by atoms with Gasteiger partial charge in [-0.1, -0.05) is 37.5 Å². The van der Waals surface area contributed by atoms with Crippen molar-refractivity contribution in [3.63, 3.8) is 0 Å². The van der Waals surface area contributed by atoms with E-state index in [4.69, 9.17) is 11.6 Å². The molecule has 0 spiro atoms. The lowest BCUT2D eigenvalue weighted by Gasteiger charge is -2.11. The minimum Gasteiger partial charge on any atom is -0.347 e. The van der Waals surface area contributed by atoms with Gasteiger partial charge >= 0.3 is 0 Å². The Kier molecular flexibility index (Phi) is 5.69. The Balaban J connectivity index is 2.33. The highest BCUT2D eigenvalue weighted by atomic mass is 35.5. The molecule has 0 saturated carbocycles. The topological polar surface area (TPSA) is 54.9 Å². The first-order valence-electron chi connectivity index (χ1n) is 5.43. The molecule has 4 nitrogen and oxygen atoms in total. The smallest absolute Gasteiger partial charge is 0.282 e. The summed E-state index contributed by atoms with van der Waals surface area (Å²) >= 11 is 6.71. The van der Waals surface area contributed by atoms with Crippen LogP contribution in [0.15, 0.2) is 0 Å². The summed E-state index contributed by atoms with van der Waals surface area (Å²) in [7, 11) is 0. The number of carbonyl (C=O) groups excluding carboxylic acids is 1. The van der Waals surface area contributed by atoms with Gasteiger partial charge in [-0.05, 0) is 24.9 Å². The van der Waals surface area contributed by atoms with Crippen molar-refractivity contribution in [1.82, 2.24) is 15.5 Å². The molecule has 1 aromatic heterocycles. The van der Waals surface area contributed by atoms with E-state index in [1.54, 1.807) is 0 Å². The van der Waals surface area contributed by atoms with Gasteiger partial charge in [0, 0.05) is 6.04 Å². The second kappa shape index (κ2) is 6.81. The maximum Gasteiger partial charge on any atom is 0.282 e. The normalized spacial score (nSPS) is 12.4. The van der Waals surface area contributed by atoms with Gasteiger partial charge in [0.25, 0.3) is 5.91 Å². The Morgan fingerprint density at radius 2 is 2.25 bits per heavy atom. The van der Waals surface area contributed by atoms with Crippen LogP contribution < -0.4 is 5.32 Å². The molecule has 1 amide bonds. The van der Waals surface area contributed by atoms with Crippen LogP contribution in [0.25, 0.3) is 0 Å². The summed E-state index contributed by atoms with van der Waals surface area (Å²) in [5, 5.41) is 10.5. The molecule has 1 atom stereocenters. The third-order valence-electron chi connectivity index (χ3n) is 2.21. The van der Waals surface area contributed by atoms with Gasteiger partial charge in [-0.15, -0.1) is 10.2 Å². The number of hydrogen-bond donors (Lipinski definition) is 1. The highest BCUT2D eigenvalue weighted by Crippen LogP contribution is 2.14. The second-order valence-corrected chi connectivity index (χ2v) is 5.29. The van der Waals surface area contributed by atoms with Crippen LogP contribution in [0.3, 0.4) is 0 Å². The van der Waals surface area contributed by atoms with E-state index in [2.05, 4.69) is 22.4 Å². The number of nitrogens with one attached hydrogen (secondary N) is 1. The molecule has 1 unspecified atom stereocenters. The molecule has 0 fully saturated rings. The molecule has 0 saturated heterocycles. The zero-order chi connectivity index (χ0) is 12.0. The molecular weight excluding hydrogens is 246 g/mol. The van der Waals surface area contributed by atoms with E-state index in [-0.39, 0.29) is 11.9 Å². The predicted octanol–water partition coefficient (Wildman–Crippen LogP) is 2.89. The van der Waals surface area contributed by atoms with Crippen LogP contribution in [0.2, 0.25) is 4.47 Å². The van der Waals surface area contributed by atoms with Gasteiger partial charge < -0.3 is 5.32 Å². The van der Waals surface area contributed by atoms with Gasteiger partial charge in [0.05, 0.1) is 0 Å². The van der Waals surface area contributed by atoms with Crippen molar-refractivity contribution < 1.29 is 4.79 Å². The maximum absolute atomic E-state index is 11.6. The molecule has 1 N–H and O–H groups in total. The van der Waals surface area contributed by atoms with Crippen LogP contribution in [0.4, 0.5) is 0 Å². The monoisotopic (exact) mass is 261 g/mol. The summed E-state index contributed by atoms with van der Waals surface area (Å²) in [6.45, 7) is 4.16. The van der Waals surface area contributed by atoms with Gasteiger partial charge in [0.2, 0.25) is 9.47 Å². The van der Waals surface area contributed by atoms with E-state index in [0.717, 1.165) is 24.2 Å². The van der Waals surface area contributed by atoms with Crippen molar-refractivity contribution in [3.05, 3.63) is 9.47 Å². The number of rotatable bonds is 6. The van der Waals surface area contributed by atoms with E-state index in [0.29, 0.717) is 9.47 Å². The molecule has 0 aromatic carbocycles. The van der Waals surface area contributed by atoms with Gasteiger partial charge in [0.15, 0.2) is 0 Å². The number of aromatic nitrogens is 2. The molecule has 6 heteroatoms. The Labute approximate surface area is 104 Å². The quantitative estimate of drug-likeness (QED) is 0.801. The third kappa shape index (κ3) is 4.45. The summed E-state index contributed by atoms with van der Waals surface area (Å²) < 4.78 is 0.295. The van der Waals surface area contributed by atoms with E-state index in [1.807, 2.05) is 6.92 Å². The number of carbonyl (C=O) groups is 1. The van der Waals surface area contributed by atoms with Gasteiger partial charge in [-0.2, -0.15) is 0 Å². The van der Waals surface area contributed by atoms with Crippen LogP contribution in [-0.2, 0) is 0 Å². The van der Waals surface area contributed by atoms with Crippen LogP contribution in [0.5, 0.6) is 0 Å². The Morgan fingerprint density at radius 1 is 1.50 bits per heavy atom. The van der Waals surface area contributed by atoms with Crippen molar-refractivity contribution in [2.45, 2.75) is 45.6 Å². The van der Waals surface area contributed by atoms with E-state index >= 15 is 0 Å². The highest BCUT2D eigenvalue weighted by molar-refractivity contribution is 7.17. The SMILES string of the molecule is CCCCCC(C)NC(=O)c1nnc(Cl)s1. The zero-order valence-corrected chi connectivity index (χ0v) is 11.1. The lowest BCUT2D eigenvalue weighted by molar-refractivity contribution is 0.0937. The number of hydrogen-bond acceptors (Lipinski definition) is 4. The van der Waals surface area contributed by atoms with Crippen LogP contribution in [-0.4, -0.2) is 22.1 Å². The summed E-state index contributed by atoms with van der Waals surface area (Å²) in [5.74, 6) is -0.187. The molecule has 0 aliphatic heterocycles. The molecule has 1 heterocycles. The van der Waals surface area contributed by atoms with Gasteiger partial charge in [-0.3, -0.25) is 4.79 Å². The lowest BCUT2D eigenvalue weighted by Crippen LogP contribution is -2.32. The summed E-state index contributed by atoms with van der Waals surface area (Å²) in [6, 6.07) is 0.168. The van der Waals surface area contributed by atoms with Crippen LogP contribution in [0, 0.1) is 0 Å². The largest absolute Gasteiger partial charge is 0.347 e. The van der Waals surface area contributed by atoms with E-state index in [9.17, 15) is 4.79 Å². The number of amides is 1. The standard InChI is InChI=1S/C10H16ClN3OS/c1-3-4-5-6-7(2)12-8(15)9-13-14-10(11)16-9/h7H,3-6H2,1-2H3,(H,12,15). The van der Waals surface area contributed by atoms with Crippen molar-refractivity contribution in [2.24, 2.45) is 0 Å². The minimum atomic E-state index is -0.187. The number of unbranched alkanes of at least 4 members (excludes halogenated alkanes) is 2. The van der Waals surface area contributed by atoms with E-state index < -0.39 is 0 Å². The number of halogens is 1. The zero-order valence-electron chi connectivity index (χ0n) is 9.49. The van der Waals surface area contributed by atoms with Crippen molar-refractivity contribution >= 4 is 28.8 Å². The Bertz CT molecular complexity index is 343. The first kappa shape index (κ1) is 13.4. The molecule has 16 heavy (non-hydrogen) atoms. The summed E-state index contributed by atoms with van der Waals surface area (Å²) in [6.07, 6.45) is 4.51. The first-order valence-corrected chi connectivity index (χ1v) is 6.62. The average molecular weight is 262 g/mol. The Morgan fingerprint density at radius 3 is 2.81 bits per heavy atom. The Hall–Kier alpha value is -0.680. The van der Waals surface area contributed by atoms with Crippen molar-refractivity contribution in [1.29, 1.82) is 0 Å². The second-order valence-electron chi connectivity index (χ2n) is 3.73. The van der Waals surface area contributed by atoms with Crippen molar-refractivity contribution in [3.8, 4) is 0 Å². The van der Waals surface area contributed by atoms with Crippen LogP contribution >= 0.6 is 22.9 Å². The van der Waals surface area contributed by atoms with Gasteiger partial charge in [-0.25, -0.2) is 0 Å². The van der Waals surface area contributed by atoms with Crippen LogP contribution in [0.1, 0.15) is 49.3 Å². The lowest BCUT2D eigenvalue weighted by atomic mass is 10.1. The molecule has 1 aromatic rings. The molecule has 1 rings (SSSR count). The predicted molar refractivity (Wildman–Crippen MR) is 66.0 cm³/mol.